The number of urea groups is 1. The molecule has 1 unspecified atom stereocenters. The van der Waals surface area contributed by atoms with Crippen molar-refractivity contribution in [1.82, 2.24) is 5.32 Å². The maximum atomic E-state index is 11.8. The van der Waals surface area contributed by atoms with Gasteiger partial charge in [0.15, 0.2) is 0 Å². The Labute approximate surface area is 118 Å². The van der Waals surface area contributed by atoms with E-state index in [1.54, 1.807) is 12.1 Å². The predicted molar refractivity (Wildman–Crippen MR) is 77.6 cm³/mol. The van der Waals surface area contributed by atoms with Crippen LogP contribution in [0.2, 0.25) is 0 Å². The Morgan fingerprint density at radius 2 is 2.00 bits per heavy atom. The summed E-state index contributed by atoms with van der Waals surface area (Å²) in [6.45, 7) is 4.02. The van der Waals surface area contributed by atoms with Gasteiger partial charge in [-0.3, -0.25) is 0 Å². The maximum absolute atomic E-state index is 11.8. The van der Waals surface area contributed by atoms with Gasteiger partial charge in [-0.25, -0.2) is 9.59 Å². The second-order valence-corrected chi connectivity index (χ2v) is 4.64. The highest BCUT2D eigenvalue weighted by molar-refractivity contribution is 5.93. The largest absolute Gasteiger partial charge is 0.480 e. The van der Waals surface area contributed by atoms with Crippen molar-refractivity contribution in [1.29, 1.82) is 0 Å². The van der Waals surface area contributed by atoms with E-state index in [1.165, 1.54) is 0 Å². The molecule has 0 spiro atoms. The SMILES string of the molecule is C#CCC(NC(=O)Nc1ccccc1C(C)C)C(=O)O. The Kier molecular flexibility index (Phi) is 5.60. The summed E-state index contributed by atoms with van der Waals surface area (Å²) in [7, 11) is 0. The van der Waals surface area contributed by atoms with Gasteiger partial charge in [0.2, 0.25) is 0 Å². The maximum Gasteiger partial charge on any atom is 0.327 e. The third kappa shape index (κ3) is 4.32. The first-order valence-corrected chi connectivity index (χ1v) is 6.28. The number of terminal acetylenes is 1. The highest BCUT2D eigenvalue weighted by Crippen LogP contribution is 2.23. The van der Waals surface area contributed by atoms with E-state index in [4.69, 9.17) is 11.5 Å². The summed E-state index contributed by atoms with van der Waals surface area (Å²) in [5.74, 6) is 1.31. The molecule has 0 bridgehead atoms. The number of carboxylic acid groups (broad SMARTS) is 1. The van der Waals surface area contributed by atoms with E-state index in [-0.39, 0.29) is 12.3 Å². The van der Waals surface area contributed by atoms with Crippen molar-refractivity contribution in [3.05, 3.63) is 29.8 Å². The van der Waals surface area contributed by atoms with Gasteiger partial charge in [-0.15, -0.1) is 12.3 Å². The van der Waals surface area contributed by atoms with Crippen LogP contribution in [0.25, 0.3) is 0 Å². The van der Waals surface area contributed by atoms with Crippen LogP contribution in [0.4, 0.5) is 10.5 Å². The first kappa shape index (κ1) is 15.6. The van der Waals surface area contributed by atoms with Crippen LogP contribution < -0.4 is 10.6 Å². The molecule has 1 aromatic rings. The van der Waals surface area contributed by atoms with Crippen molar-refractivity contribution in [2.75, 3.05) is 5.32 Å². The highest BCUT2D eigenvalue weighted by atomic mass is 16.4. The number of amides is 2. The topological polar surface area (TPSA) is 78.4 Å². The normalized spacial score (nSPS) is 11.5. The van der Waals surface area contributed by atoms with Crippen LogP contribution in [-0.2, 0) is 4.79 Å². The monoisotopic (exact) mass is 274 g/mol. The van der Waals surface area contributed by atoms with E-state index in [2.05, 4.69) is 16.6 Å². The van der Waals surface area contributed by atoms with Crippen LogP contribution >= 0.6 is 0 Å². The van der Waals surface area contributed by atoms with Crippen LogP contribution in [-0.4, -0.2) is 23.1 Å². The molecule has 3 N–H and O–H groups in total. The molecule has 0 aromatic heterocycles. The molecule has 5 nitrogen and oxygen atoms in total. The molecule has 1 rings (SSSR count). The first-order chi connectivity index (χ1) is 9.45. The second kappa shape index (κ2) is 7.19. The minimum absolute atomic E-state index is 0.0609. The quantitative estimate of drug-likeness (QED) is 0.721. The number of anilines is 1. The van der Waals surface area contributed by atoms with Gasteiger partial charge < -0.3 is 15.7 Å². The molecule has 106 valence electrons. The van der Waals surface area contributed by atoms with Crippen molar-refractivity contribution in [2.24, 2.45) is 0 Å². The van der Waals surface area contributed by atoms with Gasteiger partial charge in [0, 0.05) is 12.1 Å². The van der Waals surface area contributed by atoms with Gasteiger partial charge in [-0.1, -0.05) is 32.0 Å². The van der Waals surface area contributed by atoms with E-state index in [0.717, 1.165) is 5.56 Å². The lowest BCUT2D eigenvalue weighted by atomic mass is 10.0. The predicted octanol–water partition coefficient (Wildman–Crippen LogP) is 2.41. The zero-order valence-electron chi connectivity index (χ0n) is 11.5. The fourth-order valence-electron chi connectivity index (χ4n) is 1.75. The number of aliphatic carboxylic acids is 1. The molecule has 0 saturated carbocycles. The number of carboxylic acids is 1. The number of hydrogen-bond donors (Lipinski definition) is 3. The number of benzene rings is 1. The fourth-order valence-corrected chi connectivity index (χ4v) is 1.75. The minimum atomic E-state index is -1.16. The molecule has 0 fully saturated rings. The lowest BCUT2D eigenvalue weighted by Gasteiger charge is -2.16. The zero-order valence-corrected chi connectivity index (χ0v) is 11.5. The average molecular weight is 274 g/mol. The summed E-state index contributed by atoms with van der Waals surface area (Å²) < 4.78 is 0. The summed E-state index contributed by atoms with van der Waals surface area (Å²) in [6, 6.07) is 5.70. The van der Waals surface area contributed by atoms with Crippen LogP contribution in [0.15, 0.2) is 24.3 Å². The molecule has 0 heterocycles. The minimum Gasteiger partial charge on any atom is -0.480 e. The smallest absolute Gasteiger partial charge is 0.327 e. The van der Waals surface area contributed by atoms with Crippen molar-refractivity contribution in [3.63, 3.8) is 0 Å². The summed E-state index contributed by atoms with van der Waals surface area (Å²) in [6.07, 6.45) is 5.01. The van der Waals surface area contributed by atoms with Gasteiger partial charge in [-0.2, -0.15) is 0 Å². The Bertz CT molecular complexity index is 532. The van der Waals surface area contributed by atoms with Crippen molar-refractivity contribution < 1.29 is 14.7 Å². The molecule has 0 aliphatic carbocycles. The molecule has 1 aromatic carbocycles. The average Bonchev–Trinajstić information content (AvgIpc) is 2.38. The van der Waals surface area contributed by atoms with Crippen LogP contribution in [0.5, 0.6) is 0 Å². The zero-order chi connectivity index (χ0) is 15.1. The van der Waals surface area contributed by atoms with E-state index >= 15 is 0 Å². The van der Waals surface area contributed by atoms with Crippen LogP contribution in [0.1, 0.15) is 31.7 Å². The van der Waals surface area contributed by atoms with Crippen molar-refractivity contribution >= 4 is 17.7 Å². The molecule has 1 atom stereocenters. The van der Waals surface area contributed by atoms with Crippen molar-refractivity contribution in [2.45, 2.75) is 32.2 Å². The number of nitrogens with one attached hydrogen (secondary N) is 2. The molecule has 5 heteroatoms. The van der Waals surface area contributed by atoms with Gasteiger partial charge in [0.25, 0.3) is 0 Å². The number of hydrogen-bond acceptors (Lipinski definition) is 2. The number of para-hydroxylation sites is 1. The number of carbonyl (C=O) groups is 2. The summed E-state index contributed by atoms with van der Waals surface area (Å²) in [5, 5.41) is 13.9. The Morgan fingerprint density at radius 1 is 1.35 bits per heavy atom. The molecule has 0 saturated heterocycles. The van der Waals surface area contributed by atoms with Crippen LogP contribution in [0, 0.1) is 12.3 Å². The van der Waals surface area contributed by atoms with Crippen molar-refractivity contribution in [3.8, 4) is 12.3 Å². The van der Waals surface area contributed by atoms with Gasteiger partial charge in [0.1, 0.15) is 6.04 Å². The number of rotatable bonds is 5. The van der Waals surface area contributed by atoms with E-state index in [0.29, 0.717) is 5.69 Å². The van der Waals surface area contributed by atoms with Gasteiger partial charge in [0.05, 0.1) is 0 Å². The Morgan fingerprint density at radius 3 is 2.55 bits per heavy atom. The lowest BCUT2D eigenvalue weighted by Crippen LogP contribution is -2.42. The Balaban J connectivity index is 2.76. The van der Waals surface area contributed by atoms with E-state index < -0.39 is 18.0 Å². The summed E-state index contributed by atoms with van der Waals surface area (Å²) in [5.41, 5.74) is 1.64. The highest BCUT2D eigenvalue weighted by Gasteiger charge is 2.19. The molecule has 2 amide bonds. The third-order valence-corrected chi connectivity index (χ3v) is 2.76. The summed E-state index contributed by atoms with van der Waals surface area (Å²) in [4.78, 5) is 22.7. The molecule has 20 heavy (non-hydrogen) atoms. The molecular formula is C15H18N2O3. The lowest BCUT2D eigenvalue weighted by molar-refractivity contribution is -0.139. The number of carbonyl (C=O) groups excluding carboxylic acids is 1. The molecular weight excluding hydrogens is 256 g/mol. The Hall–Kier alpha value is -2.48. The molecule has 0 radical (unpaired) electrons. The first-order valence-electron chi connectivity index (χ1n) is 6.28. The third-order valence-electron chi connectivity index (χ3n) is 2.76. The molecule has 0 aliphatic heterocycles. The summed E-state index contributed by atoms with van der Waals surface area (Å²) >= 11 is 0. The molecule has 0 aliphatic rings. The standard InChI is InChI=1S/C15H18N2O3/c1-4-7-13(14(18)19)17-15(20)16-12-9-6-5-8-11(12)10(2)3/h1,5-6,8-10,13H,7H2,2-3H3,(H,18,19)(H2,16,17,20). The van der Waals surface area contributed by atoms with Crippen LogP contribution in [0.3, 0.4) is 0 Å². The van der Waals surface area contributed by atoms with Gasteiger partial charge >= 0.3 is 12.0 Å². The van der Waals surface area contributed by atoms with Gasteiger partial charge in [-0.05, 0) is 17.5 Å². The van der Waals surface area contributed by atoms with E-state index in [1.807, 2.05) is 26.0 Å². The second-order valence-electron chi connectivity index (χ2n) is 4.64. The fraction of sp³-hybridized carbons (Fsp3) is 0.333. The van der Waals surface area contributed by atoms with E-state index in [9.17, 15) is 9.59 Å².